The van der Waals surface area contributed by atoms with E-state index in [1.165, 1.54) is 68.1 Å². The maximum Gasteiger partial charge on any atom is 0.0245 e. The Balaban J connectivity index is 1.59. The first-order valence-corrected chi connectivity index (χ1v) is 10.5. The van der Waals surface area contributed by atoms with Gasteiger partial charge in [-0.05, 0) is 73.3 Å². The van der Waals surface area contributed by atoms with Crippen molar-refractivity contribution in [3.8, 4) is 23.0 Å². The van der Waals surface area contributed by atoms with Gasteiger partial charge in [0.2, 0.25) is 0 Å². The zero-order chi connectivity index (χ0) is 18.2. The van der Waals surface area contributed by atoms with Crippen molar-refractivity contribution in [3.63, 3.8) is 0 Å². The van der Waals surface area contributed by atoms with E-state index in [4.69, 9.17) is 0 Å². The molecule has 0 bridgehead atoms. The average Bonchev–Trinajstić information content (AvgIpc) is 2.72. The Hall–Kier alpha value is -2.00. The molecule has 0 radical (unpaired) electrons. The van der Waals surface area contributed by atoms with Crippen molar-refractivity contribution in [2.24, 2.45) is 11.8 Å². The van der Waals surface area contributed by atoms with Crippen LogP contribution in [-0.2, 0) is 6.42 Å². The second-order valence-electron chi connectivity index (χ2n) is 7.77. The van der Waals surface area contributed by atoms with Crippen molar-refractivity contribution in [3.05, 3.63) is 59.7 Å². The summed E-state index contributed by atoms with van der Waals surface area (Å²) in [5, 5.41) is 0. The van der Waals surface area contributed by atoms with Crippen LogP contribution in [0.2, 0.25) is 0 Å². The first-order chi connectivity index (χ1) is 12.8. The van der Waals surface area contributed by atoms with Crippen LogP contribution in [0.15, 0.2) is 48.5 Å². The highest BCUT2D eigenvalue weighted by atomic mass is 14.2. The van der Waals surface area contributed by atoms with Gasteiger partial charge in [-0.1, -0.05) is 74.9 Å². The lowest BCUT2D eigenvalue weighted by Gasteiger charge is -2.24. The van der Waals surface area contributed by atoms with Gasteiger partial charge in [0.1, 0.15) is 0 Å². The van der Waals surface area contributed by atoms with Crippen LogP contribution >= 0.6 is 0 Å². The SMILES string of the molecule is CCCCc1ccc(-c2ccc(C#C[C@H]3CC[C@H](CC)CC3)cc2)cc1. The molecule has 1 saturated carbocycles. The smallest absolute Gasteiger partial charge is 0.0245 e. The number of benzene rings is 2. The Labute approximate surface area is 160 Å². The van der Waals surface area contributed by atoms with Crippen molar-refractivity contribution >= 4 is 0 Å². The monoisotopic (exact) mass is 344 g/mol. The first-order valence-electron chi connectivity index (χ1n) is 10.5. The fraction of sp³-hybridized carbons (Fsp3) is 0.462. The quantitative estimate of drug-likeness (QED) is 0.500. The molecule has 0 aliphatic heterocycles. The highest BCUT2D eigenvalue weighted by Gasteiger charge is 2.17. The normalized spacial score (nSPS) is 19.6. The Morgan fingerprint density at radius 2 is 1.42 bits per heavy atom. The summed E-state index contributed by atoms with van der Waals surface area (Å²) < 4.78 is 0. The van der Waals surface area contributed by atoms with E-state index in [1.54, 1.807) is 0 Å². The lowest BCUT2D eigenvalue weighted by molar-refractivity contribution is 0.309. The molecule has 0 spiro atoms. The van der Waals surface area contributed by atoms with Crippen LogP contribution in [0.1, 0.15) is 69.9 Å². The Kier molecular flexibility index (Phi) is 6.96. The third-order valence-electron chi connectivity index (χ3n) is 5.84. The second kappa shape index (κ2) is 9.63. The van der Waals surface area contributed by atoms with Crippen LogP contribution in [0, 0.1) is 23.7 Å². The Morgan fingerprint density at radius 3 is 2.00 bits per heavy atom. The number of hydrogen-bond acceptors (Lipinski definition) is 0. The molecule has 3 rings (SSSR count). The molecule has 1 aliphatic rings. The summed E-state index contributed by atoms with van der Waals surface area (Å²) in [4.78, 5) is 0. The molecule has 0 aromatic heterocycles. The molecule has 0 heteroatoms. The minimum Gasteiger partial charge on any atom is -0.0945 e. The molecule has 0 unspecified atom stereocenters. The van der Waals surface area contributed by atoms with Crippen molar-refractivity contribution in [1.29, 1.82) is 0 Å². The van der Waals surface area contributed by atoms with Crippen molar-refractivity contribution in [2.45, 2.75) is 65.2 Å². The topological polar surface area (TPSA) is 0 Å². The molecule has 0 amide bonds. The van der Waals surface area contributed by atoms with E-state index in [0.717, 1.165) is 11.5 Å². The van der Waals surface area contributed by atoms with E-state index in [9.17, 15) is 0 Å². The summed E-state index contributed by atoms with van der Waals surface area (Å²) in [7, 11) is 0. The van der Waals surface area contributed by atoms with Crippen LogP contribution < -0.4 is 0 Å². The van der Waals surface area contributed by atoms with Crippen LogP contribution in [0.3, 0.4) is 0 Å². The molecule has 26 heavy (non-hydrogen) atoms. The van der Waals surface area contributed by atoms with Gasteiger partial charge in [-0.25, -0.2) is 0 Å². The van der Waals surface area contributed by atoms with Crippen molar-refractivity contribution in [1.82, 2.24) is 0 Å². The van der Waals surface area contributed by atoms with Gasteiger partial charge in [-0.2, -0.15) is 0 Å². The summed E-state index contributed by atoms with van der Waals surface area (Å²) in [5.41, 5.74) is 5.16. The van der Waals surface area contributed by atoms with E-state index in [2.05, 4.69) is 74.2 Å². The maximum absolute atomic E-state index is 3.52. The van der Waals surface area contributed by atoms with E-state index in [0.29, 0.717) is 5.92 Å². The highest BCUT2D eigenvalue weighted by Crippen LogP contribution is 2.30. The van der Waals surface area contributed by atoms with Crippen LogP contribution in [-0.4, -0.2) is 0 Å². The van der Waals surface area contributed by atoms with Gasteiger partial charge in [-0.3, -0.25) is 0 Å². The predicted octanol–water partition coefficient (Wildman–Crippen LogP) is 7.26. The predicted molar refractivity (Wildman–Crippen MR) is 113 cm³/mol. The lowest BCUT2D eigenvalue weighted by atomic mass is 9.81. The van der Waals surface area contributed by atoms with E-state index in [-0.39, 0.29) is 0 Å². The van der Waals surface area contributed by atoms with E-state index in [1.807, 2.05) is 0 Å². The fourth-order valence-electron chi connectivity index (χ4n) is 3.89. The molecule has 136 valence electrons. The van der Waals surface area contributed by atoms with Gasteiger partial charge < -0.3 is 0 Å². The molecule has 1 aliphatic carbocycles. The van der Waals surface area contributed by atoms with Crippen molar-refractivity contribution < 1.29 is 0 Å². The fourth-order valence-corrected chi connectivity index (χ4v) is 3.89. The third kappa shape index (κ3) is 5.25. The highest BCUT2D eigenvalue weighted by molar-refractivity contribution is 5.64. The first kappa shape index (κ1) is 18.8. The third-order valence-corrected chi connectivity index (χ3v) is 5.84. The van der Waals surface area contributed by atoms with Crippen LogP contribution in [0.25, 0.3) is 11.1 Å². The number of unbranched alkanes of at least 4 members (excludes halogenated alkanes) is 1. The molecule has 0 atom stereocenters. The number of rotatable bonds is 5. The second-order valence-corrected chi connectivity index (χ2v) is 7.77. The summed E-state index contributed by atoms with van der Waals surface area (Å²) in [6, 6.07) is 17.8. The minimum atomic E-state index is 0.605. The van der Waals surface area contributed by atoms with E-state index >= 15 is 0 Å². The van der Waals surface area contributed by atoms with Gasteiger partial charge >= 0.3 is 0 Å². The standard InChI is InChI=1S/C26H32/c1-3-5-6-22-13-17-25(18-14-22)26-19-15-24(16-20-26)12-11-23-9-7-21(4-2)8-10-23/h13-21,23H,3-10H2,1-2H3/t21-,23-. The number of hydrogen-bond donors (Lipinski definition) is 0. The van der Waals surface area contributed by atoms with Gasteiger partial charge in [0.15, 0.2) is 0 Å². The van der Waals surface area contributed by atoms with Crippen LogP contribution in [0.4, 0.5) is 0 Å². The summed E-state index contributed by atoms with van der Waals surface area (Å²) in [5.74, 6) is 8.48. The molecule has 1 fully saturated rings. The van der Waals surface area contributed by atoms with Gasteiger partial charge in [-0.15, -0.1) is 0 Å². The minimum absolute atomic E-state index is 0.605. The Morgan fingerprint density at radius 1 is 0.808 bits per heavy atom. The van der Waals surface area contributed by atoms with Crippen LogP contribution in [0.5, 0.6) is 0 Å². The van der Waals surface area contributed by atoms with Gasteiger partial charge in [0, 0.05) is 11.5 Å². The Bertz CT molecular complexity index is 716. The van der Waals surface area contributed by atoms with Gasteiger partial charge in [0.05, 0.1) is 0 Å². The van der Waals surface area contributed by atoms with E-state index < -0.39 is 0 Å². The molecule has 2 aromatic carbocycles. The average molecular weight is 345 g/mol. The van der Waals surface area contributed by atoms with Gasteiger partial charge in [0.25, 0.3) is 0 Å². The molecular formula is C26H32. The molecular weight excluding hydrogens is 312 g/mol. The lowest BCUT2D eigenvalue weighted by Crippen LogP contribution is -2.12. The molecule has 0 heterocycles. The molecule has 0 N–H and O–H groups in total. The molecule has 2 aromatic rings. The zero-order valence-electron chi connectivity index (χ0n) is 16.4. The number of aryl methyl sites for hydroxylation is 1. The largest absolute Gasteiger partial charge is 0.0945 e. The summed E-state index contributed by atoms with van der Waals surface area (Å²) in [6.07, 6.45) is 10.3. The molecule has 0 saturated heterocycles. The summed E-state index contributed by atoms with van der Waals surface area (Å²) >= 11 is 0. The van der Waals surface area contributed by atoms with Crippen molar-refractivity contribution in [2.75, 3.05) is 0 Å². The zero-order valence-corrected chi connectivity index (χ0v) is 16.4. The maximum atomic E-state index is 3.52. The molecule has 0 nitrogen and oxygen atoms in total. The summed E-state index contributed by atoms with van der Waals surface area (Å²) in [6.45, 7) is 4.56.